The van der Waals surface area contributed by atoms with E-state index in [0.717, 1.165) is 24.7 Å². The van der Waals surface area contributed by atoms with E-state index in [-0.39, 0.29) is 23.0 Å². The molecule has 0 radical (unpaired) electrons. The number of ether oxygens (including phenoxy) is 1. The molecule has 0 aliphatic rings. The lowest BCUT2D eigenvalue weighted by atomic mass is 9.99. The minimum atomic E-state index is -1.91. The lowest BCUT2D eigenvalue weighted by Crippen LogP contribution is -2.45. The molecule has 0 saturated carbocycles. The minimum absolute atomic E-state index is 0.0644. The van der Waals surface area contributed by atoms with Gasteiger partial charge in [0.25, 0.3) is 0 Å². The molecule has 0 aromatic heterocycles. The van der Waals surface area contributed by atoms with Gasteiger partial charge in [0.2, 0.25) is 0 Å². The minimum Gasteiger partial charge on any atom is -0.462 e. The number of esters is 1. The summed E-state index contributed by atoms with van der Waals surface area (Å²) in [6, 6.07) is 0. The quantitative estimate of drug-likeness (QED) is 0.268. The summed E-state index contributed by atoms with van der Waals surface area (Å²) < 4.78 is 11.4. The highest BCUT2D eigenvalue weighted by molar-refractivity contribution is 6.74. The number of allylic oxidation sites excluding steroid dienone is 1. The first kappa shape index (κ1) is 22.1. The van der Waals surface area contributed by atoms with Crippen LogP contribution in [-0.4, -0.2) is 33.3 Å². The van der Waals surface area contributed by atoms with Gasteiger partial charge in [0.1, 0.15) is 12.9 Å². The maximum absolute atomic E-state index is 11.2. The van der Waals surface area contributed by atoms with Gasteiger partial charge in [-0.1, -0.05) is 33.3 Å². The normalized spacial score (nSPS) is 15.9. The highest BCUT2D eigenvalue weighted by Gasteiger charge is 2.40. The average Bonchev–Trinajstić information content (AvgIpc) is 2.40. The largest absolute Gasteiger partial charge is 0.462 e. The van der Waals surface area contributed by atoms with Crippen molar-refractivity contribution >= 4 is 20.6 Å². The van der Waals surface area contributed by atoms with Gasteiger partial charge in [-0.05, 0) is 44.0 Å². The lowest BCUT2D eigenvalue weighted by molar-refractivity contribution is -0.139. The van der Waals surface area contributed by atoms with Crippen molar-refractivity contribution in [3.63, 3.8) is 0 Å². The summed E-state index contributed by atoms with van der Waals surface area (Å²) in [7, 11) is -1.91. The van der Waals surface area contributed by atoms with Crippen LogP contribution >= 0.6 is 0 Å². The standard InChI is InChI=1S/C18H34O4Si/c1-14(11-12-21-16(3)20)9-10-17(15(2)13-19)22-23(7,8)18(4,5)6/h11,13,15,17H,9-10,12H2,1-8H3/b14-11-/t15-,17+/m1/s1. The van der Waals surface area contributed by atoms with Gasteiger partial charge in [0.05, 0.1) is 6.10 Å². The van der Waals surface area contributed by atoms with Crippen LogP contribution in [0.5, 0.6) is 0 Å². The van der Waals surface area contributed by atoms with Gasteiger partial charge in [0.15, 0.2) is 8.32 Å². The Hall–Kier alpha value is -0.943. The molecule has 5 heteroatoms. The van der Waals surface area contributed by atoms with Crippen LogP contribution in [0.1, 0.15) is 54.4 Å². The molecule has 0 bridgehead atoms. The fraction of sp³-hybridized carbons (Fsp3) is 0.778. The first-order valence-corrected chi connectivity index (χ1v) is 11.2. The van der Waals surface area contributed by atoms with Gasteiger partial charge in [-0.15, -0.1) is 0 Å². The molecule has 0 aliphatic heterocycles. The third-order valence-corrected chi connectivity index (χ3v) is 9.10. The van der Waals surface area contributed by atoms with E-state index in [1.807, 2.05) is 19.9 Å². The van der Waals surface area contributed by atoms with Crippen molar-refractivity contribution in [2.45, 2.75) is 78.6 Å². The van der Waals surface area contributed by atoms with Crippen LogP contribution in [-0.2, 0) is 18.8 Å². The molecule has 0 N–H and O–H groups in total. The summed E-state index contributed by atoms with van der Waals surface area (Å²) in [5, 5.41) is 0.119. The predicted molar refractivity (Wildman–Crippen MR) is 96.9 cm³/mol. The molecule has 2 atom stereocenters. The van der Waals surface area contributed by atoms with Gasteiger partial charge in [0, 0.05) is 12.8 Å². The summed E-state index contributed by atoms with van der Waals surface area (Å²) >= 11 is 0. The van der Waals surface area contributed by atoms with Gasteiger partial charge in [-0.2, -0.15) is 0 Å². The van der Waals surface area contributed by atoms with E-state index in [2.05, 4.69) is 33.9 Å². The van der Waals surface area contributed by atoms with Crippen LogP contribution < -0.4 is 0 Å². The van der Waals surface area contributed by atoms with E-state index < -0.39 is 8.32 Å². The molecule has 0 aliphatic carbocycles. The Kier molecular flexibility index (Phi) is 8.99. The van der Waals surface area contributed by atoms with Crippen molar-refractivity contribution < 1.29 is 18.8 Å². The molecule has 4 nitrogen and oxygen atoms in total. The first-order chi connectivity index (χ1) is 10.4. The second kappa shape index (κ2) is 9.38. The summed E-state index contributed by atoms with van der Waals surface area (Å²) in [6.07, 6.45) is 4.46. The molecule has 0 aromatic carbocycles. The third-order valence-electron chi connectivity index (χ3n) is 4.59. The Morgan fingerprint density at radius 3 is 2.22 bits per heavy atom. The van der Waals surface area contributed by atoms with Crippen molar-refractivity contribution in [3.8, 4) is 0 Å². The maximum atomic E-state index is 11.2. The number of aldehydes is 1. The smallest absolute Gasteiger partial charge is 0.302 e. The first-order valence-electron chi connectivity index (χ1n) is 8.33. The molecule has 0 spiro atoms. The number of rotatable bonds is 9. The van der Waals surface area contributed by atoms with Crippen LogP contribution in [0.3, 0.4) is 0 Å². The molecule has 134 valence electrons. The van der Waals surface area contributed by atoms with Crippen LogP contribution in [0.2, 0.25) is 18.1 Å². The maximum Gasteiger partial charge on any atom is 0.302 e. The number of carbonyl (C=O) groups is 2. The molecular weight excluding hydrogens is 308 g/mol. The highest BCUT2D eigenvalue weighted by Crippen LogP contribution is 2.38. The topological polar surface area (TPSA) is 52.6 Å². The van der Waals surface area contributed by atoms with Crippen molar-refractivity contribution in [1.82, 2.24) is 0 Å². The number of hydrogen-bond donors (Lipinski definition) is 0. The SMILES string of the molecule is CC(=O)OC/C=C(/C)CC[C@H](O[Si](C)(C)C(C)(C)C)[C@H](C)C=O. The molecular formula is C18H34O4Si. The Balaban J connectivity index is 4.76. The van der Waals surface area contributed by atoms with Crippen LogP contribution in [0.4, 0.5) is 0 Å². The monoisotopic (exact) mass is 342 g/mol. The van der Waals surface area contributed by atoms with E-state index in [9.17, 15) is 9.59 Å². The van der Waals surface area contributed by atoms with Crippen LogP contribution in [0, 0.1) is 5.92 Å². The van der Waals surface area contributed by atoms with Crippen LogP contribution in [0.15, 0.2) is 11.6 Å². The van der Waals surface area contributed by atoms with Crippen molar-refractivity contribution in [3.05, 3.63) is 11.6 Å². The average molecular weight is 343 g/mol. The molecule has 0 fully saturated rings. The van der Waals surface area contributed by atoms with E-state index >= 15 is 0 Å². The Labute approximate surface area is 142 Å². The fourth-order valence-corrected chi connectivity index (χ4v) is 3.29. The molecule has 23 heavy (non-hydrogen) atoms. The zero-order valence-electron chi connectivity index (χ0n) is 16.1. The van der Waals surface area contributed by atoms with Gasteiger partial charge in [-0.3, -0.25) is 4.79 Å². The van der Waals surface area contributed by atoms with E-state index in [1.54, 1.807) is 0 Å². The molecule has 0 saturated heterocycles. The second-order valence-corrected chi connectivity index (χ2v) is 12.6. The Morgan fingerprint density at radius 1 is 1.22 bits per heavy atom. The molecule has 0 aromatic rings. The van der Waals surface area contributed by atoms with Gasteiger partial charge in [-0.25, -0.2) is 0 Å². The van der Waals surface area contributed by atoms with E-state index in [0.29, 0.717) is 6.61 Å². The summed E-state index contributed by atoms with van der Waals surface area (Å²) in [4.78, 5) is 22.0. The Morgan fingerprint density at radius 2 is 1.78 bits per heavy atom. The van der Waals surface area contributed by atoms with Crippen molar-refractivity contribution in [2.24, 2.45) is 5.92 Å². The molecule has 0 rings (SSSR count). The van der Waals surface area contributed by atoms with Crippen molar-refractivity contribution in [1.29, 1.82) is 0 Å². The predicted octanol–water partition coefficient (Wildman–Crippen LogP) is 4.50. The zero-order valence-corrected chi connectivity index (χ0v) is 17.1. The second-order valence-electron chi connectivity index (χ2n) is 7.80. The van der Waals surface area contributed by atoms with Crippen molar-refractivity contribution in [2.75, 3.05) is 6.61 Å². The van der Waals surface area contributed by atoms with E-state index in [1.165, 1.54) is 6.92 Å². The van der Waals surface area contributed by atoms with Gasteiger partial charge >= 0.3 is 5.97 Å². The summed E-state index contributed by atoms with van der Waals surface area (Å²) in [5.74, 6) is -0.395. The fourth-order valence-electron chi connectivity index (χ4n) is 1.85. The van der Waals surface area contributed by atoms with Gasteiger partial charge < -0.3 is 14.0 Å². The Bertz CT molecular complexity index is 421. The summed E-state index contributed by atoms with van der Waals surface area (Å²) in [6.45, 7) is 16.7. The molecule has 0 amide bonds. The highest BCUT2D eigenvalue weighted by atomic mass is 28.4. The van der Waals surface area contributed by atoms with Crippen LogP contribution in [0.25, 0.3) is 0 Å². The lowest BCUT2D eigenvalue weighted by Gasteiger charge is -2.40. The number of hydrogen-bond acceptors (Lipinski definition) is 4. The zero-order chi connectivity index (χ0) is 18.3. The molecule has 0 heterocycles. The summed E-state index contributed by atoms with van der Waals surface area (Å²) in [5.41, 5.74) is 1.15. The number of carbonyl (C=O) groups excluding carboxylic acids is 2. The molecule has 0 unspecified atom stereocenters. The van der Waals surface area contributed by atoms with E-state index in [4.69, 9.17) is 9.16 Å². The third kappa shape index (κ3) is 8.46.